The summed E-state index contributed by atoms with van der Waals surface area (Å²) in [6, 6.07) is 7.20. The molecule has 0 spiro atoms. The molecule has 0 aromatic heterocycles. The summed E-state index contributed by atoms with van der Waals surface area (Å²) in [4.78, 5) is 12.2. The Bertz CT molecular complexity index is 489. The highest BCUT2D eigenvalue weighted by atomic mass is 32.1. The predicted molar refractivity (Wildman–Crippen MR) is 90.4 cm³/mol. The van der Waals surface area contributed by atoms with Crippen molar-refractivity contribution in [1.82, 2.24) is 0 Å². The molecule has 0 aliphatic rings. The van der Waals surface area contributed by atoms with Gasteiger partial charge < -0.3 is 15.8 Å². The Morgan fingerprint density at radius 2 is 2.10 bits per heavy atom. The Kier molecular flexibility index (Phi) is 7.32. The van der Waals surface area contributed by atoms with Gasteiger partial charge in [0.05, 0.1) is 19.1 Å². The number of thiocarbonyl (C=S) groups is 1. The summed E-state index contributed by atoms with van der Waals surface area (Å²) in [5, 5.41) is 2.82. The zero-order valence-corrected chi connectivity index (χ0v) is 13.7. The first-order chi connectivity index (χ1) is 9.88. The summed E-state index contributed by atoms with van der Waals surface area (Å²) >= 11 is 4.91. The molecule has 1 rings (SSSR count). The second kappa shape index (κ2) is 8.74. The highest BCUT2D eigenvalue weighted by Gasteiger charge is 2.08. The quantitative estimate of drug-likeness (QED) is 0.724. The molecule has 1 atom stereocenters. The molecule has 116 valence electrons. The maximum Gasteiger partial charge on any atom is 0.226 e. The Morgan fingerprint density at radius 3 is 2.71 bits per heavy atom. The minimum atomic E-state index is -0.0770. The number of nitrogens with two attached hydrogens (primary N) is 1. The average molecular weight is 308 g/mol. The van der Waals surface area contributed by atoms with Gasteiger partial charge in [0, 0.05) is 11.3 Å². The van der Waals surface area contributed by atoms with Gasteiger partial charge >= 0.3 is 0 Å². The molecule has 0 fully saturated rings. The summed E-state index contributed by atoms with van der Waals surface area (Å²) in [6.45, 7) is 6.77. The number of rotatable bonds is 8. The van der Waals surface area contributed by atoms with Crippen LogP contribution in [0.1, 0.15) is 39.2 Å². The van der Waals surface area contributed by atoms with Crippen LogP contribution in [-0.2, 0) is 9.53 Å². The zero-order chi connectivity index (χ0) is 15.8. The Labute approximate surface area is 132 Å². The third-order valence-electron chi connectivity index (χ3n) is 2.97. The topological polar surface area (TPSA) is 64.3 Å². The minimum Gasteiger partial charge on any atom is -0.389 e. The molecule has 1 aromatic rings. The summed E-state index contributed by atoms with van der Waals surface area (Å²) in [6.07, 6.45) is 1.51. The van der Waals surface area contributed by atoms with E-state index in [1.165, 1.54) is 0 Å². The number of carbonyl (C=O) groups is 1. The second-order valence-corrected chi connectivity index (χ2v) is 5.99. The van der Waals surface area contributed by atoms with Crippen LogP contribution in [0.5, 0.6) is 0 Å². The fourth-order valence-corrected chi connectivity index (χ4v) is 2.19. The average Bonchev–Trinajstić information content (AvgIpc) is 2.37. The van der Waals surface area contributed by atoms with E-state index in [0.717, 1.165) is 12.0 Å². The number of carbonyl (C=O) groups excluding carboxylic acids is 1. The van der Waals surface area contributed by atoms with Crippen molar-refractivity contribution in [3.05, 3.63) is 29.8 Å². The first-order valence-corrected chi connectivity index (χ1v) is 7.60. The molecule has 0 radical (unpaired) electrons. The van der Waals surface area contributed by atoms with Gasteiger partial charge in [-0.1, -0.05) is 38.2 Å². The molecule has 1 amide bonds. The fraction of sp³-hybridized carbons (Fsp3) is 0.500. The van der Waals surface area contributed by atoms with Crippen LogP contribution in [0.25, 0.3) is 0 Å². The number of amides is 1. The van der Waals surface area contributed by atoms with Crippen molar-refractivity contribution in [2.45, 2.75) is 39.7 Å². The molecule has 0 aliphatic heterocycles. The Balaban J connectivity index is 2.37. The van der Waals surface area contributed by atoms with Gasteiger partial charge in [-0.25, -0.2) is 0 Å². The standard InChI is InChI=1S/C16H24N2O2S/c1-11(2)9-12(3)20-8-7-15(19)18-14-6-4-5-13(10-14)16(17)21/h4-6,10-12H,7-9H2,1-3H3,(H2,17,21)(H,18,19). The molecule has 5 heteroatoms. The lowest BCUT2D eigenvalue weighted by Gasteiger charge is -2.15. The number of anilines is 1. The summed E-state index contributed by atoms with van der Waals surface area (Å²) < 4.78 is 5.62. The molecule has 0 bridgehead atoms. The molecule has 21 heavy (non-hydrogen) atoms. The maximum absolute atomic E-state index is 11.8. The Hall–Kier alpha value is -1.46. The first kappa shape index (κ1) is 17.6. The number of nitrogens with one attached hydrogen (secondary N) is 1. The van der Waals surface area contributed by atoms with Crippen LogP contribution in [0.2, 0.25) is 0 Å². The van der Waals surface area contributed by atoms with Crippen molar-refractivity contribution in [2.24, 2.45) is 11.7 Å². The molecule has 0 saturated heterocycles. The van der Waals surface area contributed by atoms with Crippen molar-refractivity contribution in [3.8, 4) is 0 Å². The van der Waals surface area contributed by atoms with Crippen LogP contribution >= 0.6 is 12.2 Å². The second-order valence-electron chi connectivity index (χ2n) is 5.55. The highest BCUT2D eigenvalue weighted by Crippen LogP contribution is 2.11. The summed E-state index contributed by atoms with van der Waals surface area (Å²) in [5.41, 5.74) is 7.00. The molecular formula is C16H24N2O2S. The van der Waals surface area contributed by atoms with E-state index in [1.54, 1.807) is 6.07 Å². The van der Waals surface area contributed by atoms with E-state index < -0.39 is 0 Å². The Morgan fingerprint density at radius 1 is 1.38 bits per heavy atom. The smallest absolute Gasteiger partial charge is 0.226 e. The van der Waals surface area contributed by atoms with Gasteiger partial charge in [0.25, 0.3) is 0 Å². The van der Waals surface area contributed by atoms with E-state index in [2.05, 4.69) is 19.2 Å². The third kappa shape index (κ3) is 7.20. The lowest BCUT2D eigenvalue weighted by molar-refractivity contribution is -0.117. The van der Waals surface area contributed by atoms with E-state index in [0.29, 0.717) is 29.6 Å². The number of hydrogen-bond donors (Lipinski definition) is 2. The van der Waals surface area contributed by atoms with Gasteiger partial charge in [-0.2, -0.15) is 0 Å². The molecular weight excluding hydrogens is 284 g/mol. The van der Waals surface area contributed by atoms with Crippen molar-refractivity contribution < 1.29 is 9.53 Å². The molecule has 1 aromatic carbocycles. The van der Waals surface area contributed by atoms with E-state index in [9.17, 15) is 4.79 Å². The molecule has 1 unspecified atom stereocenters. The van der Waals surface area contributed by atoms with Crippen LogP contribution in [0.4, 0.5) is 5.69 Å². The largest absolute Gasteiger partial charge is 0.389 e. The van der Waals surface area contributed by atoms with Crippen molar-refractivity contribution in [1.29, 1.82) is 0 Å². The SMILES string of the molecule is CC(C)CC(C)OCCC(=O)Nc1cccc(C(N)=S)c1. The predicted octanol–water partition coefficient (Wildman–Crippen LogP) is 3.10. The van der Waals surface area contributed by atoms with Crippen LogP contribution in [0, 0.1) is 5.92 Å². The van der Waals surface area contributed by atoms with Gasteiger partial charge in [-0.05, 0) is 31.4 Å². The number of benzene rings is 1. The lowest BCUT2D eigenvalue weighted by atomic mass is 10.1. The third-order valence-corrected chi connectivity index (χ3v) is 3.20. The number of ether oxygens (including phenoxy) is 1. The molecule has 0 heterocycles. The lowest BCUT2D eigenvalue weighted by Crippen LogP contribution is -2.18. The molecule has 3 N–H and O–H groups in total. The summed E-state index contributed by atoms with van der Waals surface area (Å²) in [7, 11) is 0. The van der Waals surface area contributed by atoms with Gasteiger partial charge in [-0.15, -0.1) is 0 Å². The van der Waals surface area contributed by atoms with Crippen LogP contribution in [0.3, 0.4) is 0 Å². The maximum atomic E-state index is 11.8. The van der Waals surface area contributed by atoms with Crippen LogP contribution in [0.15, 0.2) is 24.3 Å². The van der Waals surface area contributed by atoms with Gasteiger partial charge in [0.1, 0.15) is 4.99 Å². The van der Waals surface area contributed by atoms with E-state index in [4.69, 9.17) is 22.7 Å². The minimum absolute atomic E-state index is 0.0770. The van der Waals surface area contributed by atoms with Crippen LogP contribution < -0.4 is 11.1 Å². The van der Waals surface area contributed by atoms with Crippen LogP contribution in [-0.4, -0.2) is 23.6 Å². The molecule has 4 nitrogen and oxygen atoms in total. The van der Waals surface area contributed by atoms with E-state index in [1.807, 2.05) is 25.1 Å². The zero-order valence-electron chi connectivity index (χ0n) is 12.9. The highest BCUT2D eigenvalue weighted by molar-refractivity contribution is 7.80. The van der Waals surface area contributed by atoms with Crippen molar-refractivity contribution in [3.63, 3.8) is 0 Å². The fourth-order valence-electron chi connectivity index (χ4n) is 2.06. The van der Waals surface area contributed by atoms with E-state index >= 15 is 0 Å². The molecule has 0 aliphatic carbocycles. The molecule has 0 saturated carbocycles. The van der Waals surface area contributed by atoms with Crippen molar-refractivity contribution in [2.75, 3.05) is 11.9 Å². The van der Waals surface area contributed by atoms with E-state index in [-0.39, 0.29) is 12.0 Å². The number of hydrogen-bond acceptors (Lipinski definition) is 3. The van der Waals surface area contributed by atoms with Gasteiger partial charge in [0.2, 0.25) is 5.91 Å². The monoisotopic (exact) mass is 308 g/mol. The normalized spacial score (nSPS) is 12.2. The van der Waals surface area contributed by atoms with Crippen molar-refractivity contribution >= 4 is 28.8 Å². The van der Waals surface area contributed by atoms with Gasteiger partial charge in [-0.3, -0.25) is 4.79 Å². The summed E-state index contributed by atoms with van der Waals surface area (Å²) in [5.74, 6) is 0.517. The first-order valence-electron chi connectivity index (χ1n) is 7.19. The van der Waals surface area contributed by atoms with Gasteiger partial charge in [0.15, 0.2) is 0 Å².